The molecule has 1 atom stereocenters. The maximum Gasteiger partial charge on any atom is 0.327 e. The first-order valence-corrected chi connectivity index (χ1v) is 7.47. The minimum atomic E-state index is -1.03. The molecule has 3 rings (SSSR count). The molecule has 6 nitrogen and oxygen atoms in total. The van der Waals surface area contributed by atoms with E-state index in [9.17, 15) is 19.5 Å². The molecule has 1 aromatic carbocycles. The molecular weight excluding hydrogens is 292 g/mol. The molecule has 1 aromatic heterocycles. The monoisotopic (exact) mass is 304 g/mol. The Morgan fingerprint density at radius 1 is 1.33 bits per heavy atom. The lowest BCUT2D eigenvalue weighted by molar-refractivity contribution is -0.140. The summed E-state index contributed by atoms with van der Waals surface area (Å²) >= 11 is 1.39. The van der Waals surface area contributed by atoms with Crippen LogP contribution in [0.5, 0.6) is 0 Å². The normalized spacial score (nSPS) is 18.1. The number of pyridine rings is 1. The van der Waals surface area contributed by atoms with Crippen LogP contribution in [0.3, 0.4) is 0 Å². The smallest absolute Gasteiger partial charge is 0.327 e. The standard InChI is InChI=1S/C14H12N2O4S/c17-12-5-9(8-3-1-2-4-10(8)15-12)13(18)16-7-21-6-11(16)14(19)20/h1-5,11H,6-7H2,(H,15,17)(H,19,20). The summed E-state index contributed by atoms with van der Waals surface area (Å²) in [6.45, 7) is 0. The molecule has 1 aliphatic rings. The number of aromatic nitrogens is 1. The highest BCUT2D eigenvalue weighted by atomic mass is 32.2. The Balaban J connectivity index is 2.10. The highest BCUT2D eigenvalue weighted by Crippen LogP contribution is 2.25. The highest BCUT2D eigenvalue weighted by Gasteiger charge is 2.35. The van der Waals surface area contributed by atoms with Gasteiger partial charge in [-0.1, -0.05) is 18.2 Å². The van der Waals surface area contributed by atoms with Gasteiger partial charge in [-0.05, 0) is 6.07 Å². The predicted molar refractivity (Wildman–Crippen MR) is 79.5 cm³/mol. The number of benzene rings is 1. The number of hydrogen-bond acceptors (Lipinski definition) is 4. The molecule has 1 saturated heterocycles. The second kappa shape index (κ2) is 5.25. The predicted octanol–water partition coefficient (Wildman–Crippen LogP) is 1.13. The number of rotatable bonds is 2. The Labute approximate surface area is 123 Å². The Morgan fingerprint density at radius 2 is 2.10 bits per heavy atom. The Hall–Kier alpha value is -2.28. The van der Waals surface area contributed by atoms with Gasteiger partial charge in [0.25, 0.3) is 5.91 Å². The molecule has 1 unspecified atom stereocenters. The third-order valence-corrected chi connectivity index (χ3v) is 4.42. The zero-order valence-corrected chi connectivity index (χ0v) is 11.7. The van der Waals surface area contributed by atoms with Crippen LogP contribution in [0.15, 0.2) is 35.1 Å². The van der Waals surface area contributed by atoms with Crippen LogP contribution in [0.25, 0.3) is 10.9 Å². The van der Waals surface area contributed by atoms with Crippen molar-refractivity contribution in [2.45, 2.75) is 6.04 Å². The van der Waals surface area contributed by atoms with Crippen LogP contribution in [0.1, 0.15) is 10.4 Å². The summed E-state index contributed by atoms with van der Waals surface area (Å²) in [7, 11) is 0. The van der Waals surface area contributed by atoms with E-state index in [4.69, 9.17) is 0 Å². The zero-order chi connectivity index (χ0) is 15.0. The minimum absolute atomic E-state index is 0.239. The number of para-hydroxylation sites is 1. The maximum atomic E-state index is 12.6. The van der Waals surface area contributed by atoms with Gasteiger partial charge in [0.05, 0.1) is 11.4 Å². The summed E-state index contributed by atoms with van der Waals surface area (Å²) in [5, 5.41) is 9.79. The van der Waals surface area contributed by atoms with Gasteiger partial charge in [0.1, 0.15) is 6.04 Å². The third kappa shape index (κ3) is 2.40. The molecule has 0 spiro atoms. The number of fused-ring (bicyclic) bond motifs is 1. The van der Waals surface area contributed by atoms with Crippen LogP contribution < -0.4 is 5.56 Å². The average Bonchev–Trinajstić information content (AvgIpc) is 2.95. The van der Waals surface area contributed by atoms with E-state index in [0.717, 1.165) is 0 Å². The molecular formula is C14H12N2O4S. The first kappa shape index (κ1) is 13.7. The van der Waals surface area contributed by atoms with Gasteiger partial charge in [0.2, 0.25) is 5.56 Å². The highest BCUT2D eigenvalue weighted by molar-refractivity contribution is 7.99. The molecule has 2 aromatic rings. The van der Waals surface area contributed by atoms with Gasteiger partial charge < -0.3 is 15.0 Å². The number of H-pyrrole nitrogens is 1. The molecule has 1 aliphatic heterocycles. The fourth-order valence-electron chi connectivity index (χ4n) is 2.38. The lowest BCUT2D eigenvalue weighted by Crippen LogP contribution is -2.42. The van der Waals surface area contributed by atoms with E-state index in [-0.39, 0.29) is 11.1 Å². The first-order valence-electron chi connectivity index (χ1n) is 6.31. The molecule has 0 aliphatic carbocycles. The fraction of sp³-hybridized carbons (Fsp3) is 0.214. The number of carbonyl (C=O) groups excluding carboxylic acids is 1. The zero-order valence-electron chi connectivity index (χ0n) is 10.9. The first-order chi connectivity index (χ1) is 10.1. The quantitative estimate of drug-likeness (QED) is 0.868. The molecule has 0 radical (unpaired) electrons. The van der Waals surface area contributed by atoms with Gasteiger partial charge >= 0.3 is 5.97 Å². The van der Waals surface area contributed by atoms with Crippen LogP contribution in [0, 0.1) is 0 Å². The largest absolute Gasteiger partial charge is 0.480 e. The number of carboxylic acids is 1. The van der Waals surface area contributed by atoms with E-state index >= 15 is 0 Å². The van der Waals surface area contributed by atoms with Gasteiger partial charge in [-0.15, -0.1) is 11.8 Å². The van der Waals surface area contributed by atoms with Crippen LogP contribution in [-0.2, 0) is 4.79 Å². The Kier molecular flexibility index (Phi) is 3.42. The second-order valence-electron chi connectivity index (χ2n) is 4.72. The number of aromatic amines is 1. The molecule has 21 heavy (non-hydrogen) atoms. The average molecular weight is 304 g/mol. The number of hydrogen-bond donors (Lipinski definition) is 2. The third-order valence-electron chi connectivity index (χ3n) is 3.41. The molecule has 2 heterocycles. The van der Waals surface area contributed by atoms with Crippen molar-refractivity contribution in [3.63, 3.8) is 0 Å². The Morgan fingerprint density at radius 3 is 2.86 bits per heavy atom. The topological polar surface area (TPSA) is 90.5 Å². The van der Waals surface area contributed by atoms with Gasteiger partial charge in [-0.3, -0.25) is 9.59 Å². The molecule has 108 valence electrons. The number of aliphatic carboxylic acids is 1. The summed E-state index contributed by atoms with van der Waals surface area (Å²) in [5.41, 5.74) is 0.422. The summed E-state index contributed by atoms with van der Waals surface area (Å²) in [5.74, 6) is -0.767. The van der Waals surface area contributed by atoms with E-state index in [0.29, 0.717) is 22.5 Å². The summed E-state index contributed by atoms with van der Waals surface area (Å²) in [6.07, 6.45) is 0. The minimum Gasteiger partial charge on any atom is -0.480 e. The lowest BCUT2D eigenvalue weighted by atomic mass is 10.1. The summed E-state index contributed by atoms with van der Waals surface area (Å²) in [4.78, 5) is 39.5. The van der Waals surface area contributed by atoms with Crippen molar-refractivity contribution in [3.8, 4) is 0 Å². The van der Waals surface area contributed by atoms with Crippen LogP contribution in [0.2, 0.25) is 0 Å². The van der Waals surface area contributed by atoms with Crippen molar-refractivity contribution < 1.29 is 14.7 Å². The number of carboxylic acid groups (broad SMARTS) is 1. The number of nitrogens with one attached hydrogen (secondary N) is 1. The molecule has 1 amide bonds. The van der Waals surface area contributed by atoms with Gasteiger partial charge in [-0.25, -0.2) is 4.79 Å². The van der Waals surface area contributed by atoms with Gasteiger partial charge in [0.15, 0.2) is 0 Å². The molecule has 0 bridgehead atoms. The van der Waals surface area contributed by atoms with Crippen molar-refractivity contribution >= 4 is 34.5 Å². The number of nitrogens with zero attached hydrogens (tertiary/aromatic N) is 1. The number of thioether (sulfide) groups is 1. The van der Waals surface area contributed by atoms with E-state index in [1.54, 1.807) is 24.3 Å². The number of carbonyl (C=O) groups is 2. The maximum absolute atomic E-state index is 12.6. The summed E-state index contributed by atoms with van der Waals surface area (Å²) in [6, 6.07) is 7.36. The van der Waals surface area contributed by atoms with Crippen molar-refractivity contribution in [2.75, 3.05) is 11.6 Å². The van der Waals surface area contributed by atoms with Crippen molar-refractivity contribution in [1.82, 2.24) is 9.88 Å². The SMILES string of the molecule is O=C(O)C1CSCN1C(=O)c1cc(=O)[nH]c2ccccc12. The van der Waals surface area contributed by atoms with E-state index in [1.807, 2.05) is 0 Å². The van der Waals surface area contributed by atoms with Crippen LogP contribution in [0.4, 0.5) is 0 Å². The van der Waals surface area contributed by atoms with Crippen molar-refractivity contribution in [2.24, 2.45) is 0 Å². The van der Waals surface area contributed by atoms with E-state index in [2.05, 4.69) is 4.98 Å². The van der Waals surface area contributed by atoms with Crippen molar-refractivity contribution in [1.29, 1.82) is 0 Å². The molecule has 7 heteroatoms. The van der Waals surface area contributed by atoms with E-state index in [1.165, 1.54) is 22.7 Å². The van der Waals surface area contributed by atoms with Gasteiger partial charge in [-0.2, -0.15) is 0 Å². The lowest BCUT2D eigenvalue weighted by Gasteiger charge is -2.21. The Bertz CT molecular complexity index is 786. The molecule has 2 N–H and O–H groups in total. The van der Waals surface area contributed by atoms with Gasteiger partial charge in [0, 0.05) is 22.7 Å². The van der Waals surface area contributed by atoms with Crippen LogP contribution >= 0.6 is 11.8 Å². The van der Waals surface area contributed by atoms with E-state index < -0.39 is 17.9 Å². The molecule has 0 saturated carbocycles. The molecule has 1 fully saturated rings. The van der Waals surface area contributed by atoms with Crippen molar-refractivity contribution in [3.05, 3.63) is 46.2 Å². The summed E-state index contributed by atoms with van der Waals surface area (Å²) < 4.78 is 0. The fourth-order valence-corrected chi connectivity index (χ4v) is 3.53. The number of amides is 1. The second-order valence-corrected chi connectivity index (χ2v) is 5.72. The van der Waals surface area contributed by atoms with Crippen LogP contribution in [-0.4, -0.2) is 44.5 Å².